The Labute approximate surface area is 123 Å². The summed E-state index contributed by atoms with van der Waals surface area (Å²) in [7, 11) is 3.99. The molecule has 21 heavy (non-hydrogen) atoms. The summed E-state index contributed by atoms with van der Waals surface area (Å²) in [5, 5.41) is 5.14. The number of hydrogen-bond acceptors (Lipinski definition) is 2. The third-order valence-electron chi connectivity index (χ3n) is 2.83. The van der Waals surface area contributed by atoms with E-state index in [1.54, 1.807) is 12.1 Å². The Bertz CT molecular complexity index is 611. The van der Waals surface area contributed by atoms with E-state index in [2.05, 4.69) is 15.5 Å². The van der Waals surface area contributed by atoms with E-state index >= 15 is 0 Å². The topological polar surface area (TPSA) is 44.4 Å². The molecule has 4 nitrogen and oxygen atoms in total. The Morgan fingerprint density at radius 1 is 1.05 bits per heavy atom. The van der Waals surface area contributed by atoms with Crippen LogP contribution < -0.4 is 10.6 Å². The second kappa shape index (κ2) is 6.85. The van der Waals surface area contributed by atoms with E-state index < -0.39 is 11.8 Å². The second-order valence-electron chi connectivity index (χ2n) is 4.99. The summed E-state index contributed by atoms with van der Waals surface area (Å²) in [6, 6.07) is 13.1. The van der Waals surface area contributed by atoms with Crippen LogP contribution >= 0.6 is 0 Å². The molecule has 0 aliphatic rings. The number of nitrogens with zero attached hydrogens (tertiary/aromatic N) is 1. The molecule has 0 saturated carbocycles. The molecular weight excluding hydrogens is 269 g/mol. The number of carbonyl (C=O) groups is 1. The summed E-state index contributed by atoms with van der Waals surface area (Å²) in [6.45, 7) is 0.835. The van der Waals surface area contributed by atoms with Crippen LogP contribution in [0.1, 0.15) is 5.56 Å². The summed E-state index contributed by atoms with van der Waals surface area (Å²) < 4.78 is 13.4. The average Bonchev–Trinajstić information content (AvgIpc) is 2.43. The number of amides is 2. The Morgan fingerprint density at radius 2 is 1.71 bits per heavy atom. The quantitative estimate of drug-likeness (QED) is 0.903. The van der Waals surface area contributed by atoms with Crippen LogP contribution in [0.2, 0.25) is 0 Å². The van der Waals surface area contributed by atoms with Gasteiger partial charge in [-0.05, 0) is 43.9 Å². The Hall–Kier alpha value is -2.40. The Morgan fingerprint density at radius 3 is 2.33 bits per heavy atom. The minimum absolute atomic E-state index is 0.152. The van der Waals surface area contributed by atoms with Crippen LogP contribution in [0.3, 0.4) is 0 Å². The highest BCUT2D eigenvalue weighted by Gasteiger charge is 2.06. The zero-order chi connectivity index (χ0) is 15.2. The zero-order valence-electron chi connectivity index (χ0n) is 12.1. The van der Waals surface area contributed by atoms with E-state index in [1.165, 1.54) is 12.1 Å². The lowest BCUT2D eigenvalue weighted by Gasteiger charge is -2.11. The molecule has 110 valence electrons. The highest BCUT2D eigenvalue weighted by Crippen LogP contribution is 2.14. The largest absolute Gasteiger partial charge is 0.323 e. The van der Waals surface area contributed by atoms with E-state index in [0.29, 0.717) is 5.69 Å². The van der Waals surface area contributed by atoms with E-state index in [-0.39, 0.29) is 5.69 Å². The van der Waals surface area contributed by atoms with Gasteiger partial charge in [0.1, 0.15) is 5.82 Å². The number of urea groups is 1. The fraction of sp³-hybridized carbons (Fsp3) is 0.188. The first kappa shape index (κ1) is 15.0. The summed E-state index contributed by atoms with van der Waals surface area (Å²) in [4.78, 5) is 13.9. The van der Waals surface area contributed by atoms with Gasteiger partial charge in [0.25, 0.3) is 0 Å². The van der Waals surface area contributed by atoms with Crippen molar-refractivity contribution in [1.82, 2.24) is 4.90 Å². The lowest BCUT2D eigenvalue weighted by Crippen LogP contribution is -2.20. The van der Waals surface area contributed by atoms with Crippen LogP contribution in [0.5, 0.6) is 0 Å². The van der Waals surface area contributed by atoms with Gasteiger partial charge in [-0.25, -0.2) is 9.18 Å². The zero-order valence-corrected chi connectivity index (χ0v) is 12.1. The molecule has 0 heterocycles. The number of hydrogen-bond donors (Lipinski definition) is 2. The number of halogens is 1. The van der Waals surface area contributed by atoms with Crippen LogP contribution in [0.4, 0.5) is 20.6 Å². The summed E-state index contributed by atoms with van der Waals surface area (Å²) in [5.74, 6) is -0.464. The molecule has 2 rings (SSSR count). The molecule has 0 unspecified atom stereocenters. The second-order valence-corrected chi connectivity index (χ2v) is 4.99. The molecule has 5 heteroatoms. The van der Waals surface area contributed by atoms with Gasteiger partial charge in [-0.15, -0.1) is 0 Å². The van der Waals surface area contributed by atoms with Crippen molar-refractivity contribution in [3.05, 3.63) is 59.9 Å². The van der Waals surface area contributed by atoms with Crippen molar-refractivity contribution in [1.29, 1.82) is 0 Å². The van der Waals surface area contributed by atoms with E-state index in [4.69, 9.17) is 0 Å². The fourth-order valence-corrected chi connectivity index (χ4v) is 1.91. The van der Waals surface area contributed by atoms with E-state index in [0.717, 1.165) is 12.1 Å². The normalized spacial score (nSPS) is 10.5. The number of anilines is 2. The van der Waals surface area contributed by atoms with Gasteiger partial charge in [0.2, 0.25) is 0 Å². The lowest BCUT2D eigenvalue weighted by atomic mass is 10.2. The molecule has 0 aliphatic heterocycles. The van der Waals surface area contributed by atoms with Crippen LogP contribution in [0.15, 0.2) is 48.5 Å². The predicted octanol–water partition coefficient (Wildman–Crippen LogP) is 3.53. The average molecular weight is 287 g/mol. The van der Waals surface area contributed by atoms with Crippen molar-refractivity contribution < 1.29 is 9.18 Å². The molecule has 0 fully saturated rings. The standard InChI is InChI=1S/C16H18FN3O/c1-20(2)11-12-7-9-13(10-8-12)18-16(21)19-15-6-4-3-5-14(15)17/h3-10H,11H2,1-2H3,(H2,18,19,21). The first-order valence-corrected chi connectivity index (χ1v) is 6.61. The van der Waals surface area contributed by atoms with Crippen LogP contribution in [0, 0.1) is 5.82 Å². The predicted molar refractivity (Wildman–Crippen MR) is 82.9 cm³/mol. The molecule has 0 bridgehead atoms. The smallest absolute Gasteiger partial charge is 0.308 e. The fourth-order valence-electron chi connectivity index (χ4n) is 1.91. The van der Waals surface area contributed by atoms with Crippen molar-refractivity contribution in [3.63, 3.8) is 0 Å². The molecule has 2 N–H and O–H groups in total. The van der Waals surface area contributed by atoms with Crippen molar-refractivity contribution >= 4 is 17.4 Å². The lowest BCUT2D eigenvalue weighted by molar-refractivity contribution is 0.262. The van der Waals surface area contributed by atoms with E-state index in [9.17, 15) is 9.18 Å². The molecule has 2 amide bonds. The monoisotopic (exact) mass is 287 g/mol. The molecule has 0 aromatic heterocycles. The van der Waals surface area contributed by atoms with Crippen LogP contribution in [-0.4, -0.2) is 25.0 Å². The minimum atomic E-state index is -0.472. The highest BCUT2D eigenvalue weighted by molar-refractivity contribution is 5.99. The maximum Gasteiger partial charge on any atom is 0.323 e. The molecule has 0 spiro atoms. The first-order valence-electron chi connectivity index (χ1n) is 6.61. The molecule has 0 saturated heterocycles. The third kappa shape index (κ3) is 4.57. The molecular formula is C16H18FN3O. The minimum Gasteiger partial charge on any atom is -0.308 e. The van der Waals surface area contributed by atoms with Crippen molar-refractivity contribution in [2.45, 2.75) is 6.54 Å². The summed E-state index contributed by atoms with van der Waals surface area (Å²) in [5.41, 5.74) is 1.96. The first-order chi connectivity index (χ1) is 10.0. The van der Waals surface area contributed by atoms with Crippen molar-refractivity contribution in [2.24, 2.45) is 0 Å². The van der Waals surface area contributed by atoms with E-state index in [1.807, 2.05) is 38.4 Å². The van der Waals surface area contributed by atoms with Gasteiger partial charge in [-0.1, -0.05) is 24.3 Å². The SMILES string of the molecule is CN(C)Cc1ccc(NC(=O)Nc2ccccc2F)cc1. The summed E-state index contributed by atoms with van der Waals surface area (Å²) >= 11 is 0. The van der Waals surface area contributed by atoms with Crippen molar-refractivity contribution in [2.75, 3.05) is 24.7 Å². The van der Waals surface area contributed by atoms with Gasteiger partial charge in [0.15, 0.2) is 0 Å². The van der Waals surface area contributed by atoms with Gasteiger partial charge in [-0.2, -0.15) is 0 Å². The molecule has 0 radical (unpaired) electrons. The van der Waals surface area contributed by atoms with Gasteiger partial charge in [-0.3, -0.25) is 0 Å². The number of carbonyl (C=O) groups excluding carboxylic acids is 1. The van der Waals surface area contributed by atoms with Crippen LogP contribution in [-0.2, 0) is 6.54 Å². The third-order valence-corrected chi connectivity index (χ3v) is 2.83. The van der Waals surface area contributed by atoms with Gasteiger partial charge in [0, 0.05) is 12.2 Å². The molecule has 0 aliphatic carbocycles. The molecule has 2 aromatic carbocycles. The molecule has 2 aromatic rings. The van der Waals surface area contributed by atoms with Crippen molar-refractivity contribution in [3.8, 4) is 0 Å². The Balaban J connectivity index is 1.95. The van der Waals surface area contributed by atoms with Gasteiger partial charge < -0.3 is 15.5 Å². The maximum atomic E-state index is 13.4. The number of rotatable bonds is 4. The van der Waals surface area contributed by atoms with Gasteiger partial charge in [0.05, 0.1) is 5.69 Å². The highest BCUT2D eigenvalue weighted by atomic mass is 19.1. The number of para-hydroxylation sites is 1. The Kier molecular flexibility index (Phi) is 4.90. The molecule has 0 atom stereocenters. The summed E-state index contributed by atoms with van der Waals surface area (Å²) in [6.07, 6.45) is 0. The van der Waals surface area contributed by atoms with Gasteiger partial charge >= 0.3 is 6.03 Å². The number of nitrogens with one attached hydrogen (secondary N) is 2. The maximum absolute atomic E-state index is 13.4. The van der Waals surface area contributed by atoms with Crippen LogP contribution in [0.25, 0.3) is 0 Å². The number of benzene rings is 2.